The molecule has 2 aliphatic rings. The minimum absolute atomic E-state index is 0.0520. The summed E-state index contributed by atoms with van der Waals surface area (Å²) in [7, 11) is 0. The van der Waals surface area contributed by atoms with Crippen molar-refractivity contribution in [1.82, 2.24) is 0 Å². The summed E-state index contributed by atoms with van der Waals surface area (Å²) < 4.78 is 5.81. The van der Waals surface area contributed by atoms with Crippen LogP contribution in [0, 0.1) is 0 Å². The highest BCUT2D eigenvalue weighted by molar-refractivity contribution is 5.91. The molecule has 0 spiro atoms. The topological polar surface area (TPSA) is 50.5 Å². The molecule has 0 amide bonds. The molecular weight excluding hydrogens is 326 g/mol. The lowest BCUT2D eigenvalue weighted by Crippen LogP contribution is -2.44. The van der Waals surface area contributed by atoms with Crippen LogP contribution in [-0.4, -0.2) is 19.4 Å². The largest absolute Gasteiger partial charge is 0.422 e. The van der Waals surface area contributed by atoms with E-state index in [2.05, 4.69) is 38.7 Å². The van der Waals surface area contributed by atoms with Crippen LogP contribution < -0.4 is 10.5 Å². The van der Waals surface area contributed by atoms with E-state index in [4.69, 9.17) is 4.42 Å². The van der Waals surface area contributed by atoms with Crippen molar-refractivity contribution in [3.63, 3.8) is 0 Å². The average molecular weight is 351 g/mol. The number of nitrogens with zero attached hydrogens (tertiary/aromatic N) is 1. The van der Waals surface area contributed by atoms with Gasteiger partial charge in [-0.1, -0.05) is 27.7 Å². The highest BCUT2D eigenvalue weighted by Crippen LogP contribution is 2.51. The lowest BCUT2D eigenvalue weighted by molar-refractivity contribution is -0.104. The third-order valence-corrected chi connectivity index (χ3v) is 6.11. The van der Waals surface area contributed by atoms with E-state index < -0.39 is 5.63 Å². The standard InChI is InChI=1S/C22H25NO3/c1-21(2)7-9-23-10-8-22(3,4)17-18(23)16(21)13-15-12-14(6-5-11-24)20(25)26-19(15)17/h5-6,11-13H,7-10H2,1-4H3. The first kappa shape index (κ1) is 17.1. The molecule has 3 heterocycles. The quantitative estimate of drug-likeness (QED) is 0.463. The van der Waals surface area contributed by atoms with Crippen molar-refractivity contribution >= 4 is 29.0 Å². The number of aldehydes is 1. The number of benzene rings is 1. The van der Waals surface area contributed by atoms with Crippen LogP contribution in [0.4, 0.5) is 5.69 Å². The van der Waals surface area contributed by atoms with E-state index in [1.807, 2.05) is 6.07 Å². The molecule has 0 bridgehead atoms. The van der Waals surface area contributed by atoms with E-state index in [0.29, 0.717) is 17.4 Å². The Hall–Kier alpha value is -2.36. The predicted molar refractivity (Wildman–Crippen MR) is 105 cm³/mol. The van der Waals surface area contributed by atoms with Gasteiger partial charge in [0.25, 0.3) is 0 Å². The zero-order valence-electron chi connectivity index (χ0n) is 15.9. The molecule has 0 atom stereocenters. The fourth-order valence-electron chi connectivity index (χ4n) is 4.43. The SMILES string of the molecule is CC1(C)CCN2CCC(C)(C)c3c2c1cc1cc(C=CC=O)c(=O)oc31. The number of carbonyl (C=O) groups is 1. The number of hydrogen-bond acceptors (Lipinski definition) is 4. The summed E-state index contributed by atoms with van der Waals surface area (Å²) in [5, 5.41) is 0.939. The molecular formula is C22H25NO3. The molecule has 1 aromatic heterocycles. The van der Waals surface area contributed by atoms with Crippen LogP contribution in [0.25, 0.3) is 17.0 Å². The second-order valence-corrected chi connectivity index (χ2v) is 8.81. The molecule has 0 unspecified atom stereocenters. The average Bonchev–Trinajstić information content (AvgIpc) is 2.57. The summed E-state index contributed by atoms with van der Waals surface area (Å²) >= 11 is 0. The number of hydrogen-bond donors (Lipinski definition) is 0. The van der Waals surface area contributed by atoms with Gasteiger partial charge in [0.1, 0.15) is 11.9 Å². The molecule has 136 valence electrons. The van der Waals surface area contributed by atoms with Gasteiger partial charge in [0.05, 0.1) is 5.56 Å². The third-order valence-electron chi connectivity index (χ3n) is 6.11. The Bertz CT molecular complexity index is 993. The molecule has 2 aliphatic heterocycles. The Kier molecular flexibility index (Phi) is 3.66. The van der Waals surface area contributed by atoms with Crippen molar-refractivity contribution in [3.8, 4) is 0 Å². The van der Waals surface area contributed by atoms with Gasteiger partial charge in [-0.25, -0.2) is 4.79 Å². The fraction of sp³-hybridized carbons (Fsp3) is 0.455. The minimum atomic E-state index is -0.394. The molecule has 0 fully saturated rings. The fourth-order valence-corrected chi connectivity index (χ4v) is 4.43. The van der Waals surface area contributed by atoms with Crippen LogP contribution >= 0.6 is 0 Å². The minimum Gasteiger partial charge on any atom is -0.422 e. The van der Waals surface area contributed by atoms with Crippen LogP contribution in [0.2, 0.25) is 0 Å². The van der Waals surface area contributed by atoms with Crippen LogP contribution in [0.3, 0.4) is 0 Å². The Morgan fingerprint density at radius 1 is 1.08 bits per heavy atom. The van der Waals surface area contributed by atoms with Gasteiger partial charge in [-0.15, -0.1) is 0 Å². The Labute approximate surface area is 153 Å². The van der Waals surface area contributed by atoms with Crippen LogP contribution in [-0.2, 0) is 15.6 Å². The molecule has 26 heavy (non-hydrogen) atoms. The van der Waals surface area contributed by atoms with Crippen molar-refractivity contribution < 1.29 is 9.21 Å². The van der Waals surface area contributed by atoms with E-state index in [1.165, 1.54) is 23.4 Å². The second kappa shape index (κ2) is 5.57. The van der Waals surface area contributed by atoms with E-state index in [-0.39, 0.29) is 10.8 Å². The van der Waals surface area contributed by atoms with Gasteiger partial charge >= 0.3 is 5.63 Å². The van der Waals surface area contributed by atoms with Gasteiger partial charge < -0.3 is 9.32 Å². The molecule has 1 aromatic carbocycles. The molecule has 0 N–H and O–H groups in total. The molecule has 4 heteroatoms. The Balaban J connectivity index is 2.12. The smallest absolute Gasteiger partial charge is 0.343 e. The predicted octanol–water partition coefficient (Wildman–Crippen LogP) is 4.17. The number of fused-ring (bicyclic) bond motifs is 2. The van der Waals surface area contributed by atoms with E-state index in [9.17, 15) is 9.59 Å². The number of anilines is 1. The van der Waals surface area contributed by atoms with Gasteiger partial charge in [0, 0.05) is 29.7 Å². The summed E-state index contributed by atoms with van der Waals surface area (Å²) in [6.45, 7) is 11.1. The number of carbonyl (C=O) groups excluding carboxylic acids is 1. The maximum atomic E-state index is 12.5. The van der Waals surface area contributed by atoms with Crippen molar-refractivity contribution in [2.75, 3.05) is 18.0 Å². The molecule has 0 saturated heterocycles. The molecule has 2 aromatic rings. The monoisotopic (exact) mass is 351 g/mol. The molecule has 4 nitrogen and oxygen atoms in total. The first-order valence-electron chi connectivity index (χ1n) is 9.27. The first-order valence-corrected chi connectivity index (χ1v) is 9.27. The normalized spacial score (nSPS) is 20.4. The number of allylic oxidation sites excluding steroid dienone is 1. The van der Waals surface area contributed by atoms with Gasteiger partial charge in [-0.2, -0.15) is 0 Å². The number of rotatable bonds is 2. The van der Waals surface area contributed by atoms with Crippen molar-refractivity contribution in [2.45, 2.75) is 51.4 Å². The van der Waals surface area contributed by atoms with Gasteiger partial charge in [0.15, 0.2) is 0 Å². The maximum Gasteiger partial charge on any atom is 0.343 e. The summed E-state index contributed by atoms with van der Waals surface area (Å²) in [6, 6.07) is 4.04. The Morgan fingerprint density at radius 2 is 1.77 bits per heavy atom. The Morgan fingerprint density at radius 3 is 2.46 bits per heavy atom. The van der Waals surface area contributed by atoms with Gasteiger partial charge in [-0.05, 0) is 53.5 Å². The zero-order valence-corrected chi connectivity index (χ0v) is 15.9. The van der Waals surface area contributed by atoms with E-state index in [0.717, 1.165) is 36.9 Å². The summed E-state index contributed by atoms with van der Waals surface area (Å²) in [4.78, 5) is 25.6. The van der Waals surface area contributed by atoms with Gasteiger partial charge in [0.2, 0.25) is 0 Å². The third kappa shape index (κ3) is 2.43. The van der Waals surface area contributed by atoms with Crippen molar-refractivity contribution in [1.29, 1.82) is 0 Å². The first-order chi connectivity index (χ1) is 12.2. The van der Waals surface area contributed by atoms with Crippen LogP contribution in [0.15, 0.2) is 27.4 Å². The van der Waals surface area contributed by atoms with E-state index in [1.54, 1.807) is 0 Å². The van der Waals surface area contributed by atoms with Crippen LogP contribution in [0.1, 0.15) is 57.2 Å². The highest BCUT2D eigenvalue weighted by atomic mass is 16.4. The summed E-state index contributed by atoms with van der Waals surface area (Å²) in [5.74, 6) is 0. The van der Waals surface area contributed by atoms with Crippen molar-refractivity contribution in [2.24, 2.45) is 0 Å². The molecule has 0 saturated carbocycles. The zero-order chi connectivity index (χ0) is 18.7. The molecule has 4 rings (SSSR count). The highest BCUT2D eigenvalue weighted by Gasteiger charge is 2.41. The lowest BCUT2D eigenvalue weighted by atomic mass is 9.69. The summed E-state index contributed by atoms with van der Waals surface area (Å²) in [5.41, 5.74) is 4.50. The van der Waals surface area contributed by atoms with E-state index >= 15 is 0 Å². The second-order valence-electron chi connectivity index (χ2n) is 8.81. The van der Waals surface area contributed by atoms with Crippen molar-refractivity contribution in [3.05, 3.63) is 45.3 Å². The maximum absolute atomic E-state index is 12.5. The lowest BCUT2D eigenvalue weighted by Gasteiger charge is -2.48. The molecule has 0 aliphatic carbocycles. The summed E-state index contributed by atoms with van der Waals surface area (Å²) in [6.07, 6.45) is 5.67. The molecule has 0 radical (unpaired) electrons. The van der Waals surface area contributed by atoms with Crippen LogP contribution in [0.5, 0.6) is 0 Å². The van der Waals surface area contributed by atoms with Gasteiger partial charge in [-0.3, -0.25) is 4.79 Å².